The number of carboxylic acid groups (broad SMARTS) is 1. The summed E-state index contributed by atoms with van der Waals surface area (Å²) in [7, 11) is 0. The minimum absolute atomic E-state index is 0.161. The summed E-state index contributed by atoms with van der Waals surface area (Å²) in [6.45, 7) is 0. The van der Waals surface area contributed by atoms with E-state index in [-0.39, 0.29) is 11.5 Å². The number of carboxylic acids is 1. The van der Waals surface area contributed by atoms with Crippen LogP contribution in [0.4, 0.5) is 0 Å². The van der Waals surface area contributed by atoms with Crippen LogP contribution in [0, 0.1) is 0 Å². The van der Waals surface area contributed by atoms with E-state index in [1.165, 1.54) is 0 Å². The van der Waals surface area contributed by atoms with Crippen LogP contribution in [-0.2, 0) is 9.59 Å². The van der Waals surface area contributed by atoms with Gasteiger partial charge in [0.1, 0.15) is 0 Å². The molecule has 0 aliphatic carbocycles. The molecule has 74 valence electrons. The van der Waals surface area contributed by atoms with Crippen LogP contribution < -0.4 is 0 Å². The number of nitrogens with zero attached hydrogens (tertiary/aromatic N) is 1. The maximum atomic E-state index is 10.9. The average Bonchev–Trinajstić information content (AvgIpc) is 2.00. The molecule has 0 aromatic heterocycles. The molecule has 4 N–H and O–H groups in total. The van der Waals surface area contributed by atoms with E-state index in [9.17, 15) is 9.59 Å². The molecule has 7 nitrogen and oxygen atoms in total. The first-order valence-corrected chi connectivity index (χ1v) is 3.56. The van der Waals surface area contributed by atoms with Crippen molar-refractivity contribution in [3.63, 3.8) is 0 Å². The topological polar surface area (TPSA) is 118 Å². The second-order valence-electron chi connectivity index (χ2n) is 2.86. The van der Waals surface area contributed by atoms with Crippen molar-refractivity contribution in [1.82, 2.24) is 5.06 Å². The van der Waals surface area contributed by atoms with Crippen molar-refractivity contribution >= 4 is 11.9 Å². The summed E-state index contributed by atoms with van der Waals surface area (Å²) < 4.78 is 0. The number of carbonyl (C=O) groups is 2. The van der Waals surface area contributed by atoms with Crippen molar-refractivity contribution < 1.29 is 30.1 Å². The number of piperidine rings is 1. The van der Waals surface area contributed by atoms with Gasteiger partial charge in [0.25, 0.3) is 0 Å². The van der Waals surface area contributed by atoms with Crippen LogP contribution in [0.5, 0.6) is 0 Å². The molecule has 1 saturated heterocycles. The Morgan fingerprint density at radius 2 is 2.08 bits per heavy atom. The summed E-state index contributed by atoms with van der Waals surface area (Å²) >= 11 is 0. The molecule has 7 heteroatoms. The van der Waals surface area contributed by atoms with Crippen molar-refractivity contribution in [3.05, 3.63) is 0 Å². The van der Waals surface area contributed by atoms with Crippen LogP contribution in [0.15, 0.2) is 0 Å². The predicted molar refractivity (Wildman–Crippen MR) is 36.5 cm³/mol. The molecule has 1 fully saturated rings. The first-order valence-electron chi connectivity index (χ1n) is 3.56. The number of hydrogen-bond donors (Lipinski definition) is 4. The van der Waals surface area contributed by atoms with Crippen molar-refractivity contribution in [2.24, 2.45) is 0 Å². The van der Waals surface area contributed by atoms with Gasteiger partial charge in [0.15, 0.2) is 6.04 Å². The maximum absolute atomic E-state index is 10.9. The van der Waals surface area contributed by atoms with Crippen LogP contribution in [-0.4, -0.2) is 49.3 Å². The number of amides is 1. The van der Waals surface area contributed by atoms with Gasteiger partial charge in [-0.15, -0.1) is 0 Å². The third kappa shape index (κ3) is 1.62. The summed E-state index contributed by atoms with van der Waals surface area (Å²) in [6.07, 6.45) is -0.607. The van der Waals surface area contributed by atoms with Crippen molar-refractivity contribution in [1.29, 1.82) is 0 Å². The second kappa shape index (κ2) is 2.95. The van der Waals surface area contributed by atoms with Gasteiger partial charge in [-0.05, 0) is 6.42 Å². The van der Waals surface area contributed by atoms with Gasteiger partial charge in [-0.3, -0.25) is 10.0 Å². The van der Waals surface area contributed by atoms with Gasteiger partial charge in [0.2, 0.25) is 5.79 Å². The van der Waals surface area contributed by atoms with E-state index in [2.05, 4.69) is 0 Å². The lowest BCUT2D eigenvalue weighted by Crippen LogP contribution is -2.58. The van der Waals surface area contributed by atoms with Gasteiger partial charge in [-0.2, -0.15) is 0 Å². The van der Waals surface area contributed by atoms with Gasteiger partial charge in [0.05, 0.1) is 0 Å². The zero-order chi connectivity index (χ0) is 10.2. The molecule has 0 saturated carbocycles. The van der Waals surface area contributed by atoms with Crippen LogP contribution in [0.1, 0.15) is 12.8 Å². The van der Waals surface area contributed by atoms with Crippen LogP contribution in [0.25, 0.3) is 0 Å². The Morgan fingerprint density at radius 3 is 2.54 bits per heavy atom. The molecule has 1 amide bonds. The van der Waals surface area contributed by atoms with Gasteiger partial charge >= 0.3 is 11.9 Å². The van der Waals surface area contributed by atoms with Crippen LogP contribution >= 0.6 is 0 Å². The Morgan fingerprint density at radius 1 is 1.54 bits per heavy atom. The fourth-order valence-electron chi connectivity index (χ4n) is 1.12. The van der Waals surface area contributed by atoms with E-state index in [1.807, 2.05) is 0 Å². The molecule has 0 aromatic rings. The molecule has 1 unspecified atom stereocenters. The van der Waals surface area contributed by atoms with Crippen molar-refractivity contribution in [2.75, 3.05) is 0 Å². The summed E-state index contributed by atoms with van der Waals surface area (Å²) in [5.41, 5.74) is 0. The Bertz CT molecular complexity index is 250. The Kier molecular flexibility index (Phi) is 2.24. The smallest absolute Gasteiger partial charge is 0.329 e. The zero-order valence-electron chi connectivity index (χ0n) is 6.54. The standard InChI is InChI=1S/C6H9NO6/c8-4(9)3-1-2-6(11,12)5(10)7(3)13/h3,11-13H,1-2H2,(H,8,9). The molecule has 1 aliphatic heterocycles. The summed E-state index contributed by atoms with van der Waals surface area (Å²) in [5, 5.41) is 35.1. The highest BCUT2D eigenvalue weighted by Crippen LogP contribution is 2.23. The van der Waals surface area contributed by atoms with Gasteiger partial charge < -0.3 is 15.3 Å². The molecule has 0 bridgehead atoms. The predicted octanol–water partition coefficient (Wildman–Crippen LogP) is -1.87. The largest absolute Gasteiger partial charge is 0.480 e. The van der Waals surface area contributed by atoms with E-state index < -0.39 is 30.1 Å². The SMILES string of the molecule is O=C(O)C1CCC(O)(O)C(=O)N1O. The molecule has 1 heterocycles. The molecular weight excluding hydrogens is 182 g/mol. The fourth-order valence-corrected chi connectivity index (χ4v) is 1.12. The van der Waals surface area contributed by atoms with E-state index in [0.29, 0.717) is 0 Å². The van der Waals surface area contributed by atoms with E-state index in [1.54, 1.807) is 0 Å². The quantitative estimate of drug-likeness (QED) is 0.285. The third-order valence-corrected chi connectivity index (χ3v) is 1.90. The Hall–Kier alpha value is -1.18. The van der Waals surface area contributed by atoms with Gasteiger partial charge in [-0.1, -0.05) is 0 Å². The molecular formula is C6H9NO6. The molecule has 1 rings (SSSR count). The van der Waals surface area contributed by atoms with E-state index in [4.69, 9.17) is 20.5 Å². The minimum atomic E-state index is -2.65. The first kappa shape index (κ1) is 9.90. The average molecular weight is 191 g/mol. The first-order chi connectivity index (χ1) is 5.86. The maximum Gasteiger partial charge on any atom is 0.329 e. The molecule has 1 atom stereocenters. The highest BCUT2D eigenvalue weighted by atomic mass is 16.6. The zero-order valence-corrected chi connectivity index (χ0v) is 6.54. The number of carbonyl (C=O) groups excluding carboxylic acids is 1. The Labute approximate surface area is 72.8 Å². The van der Waals surface area contributed by atoms with Gasteiger partial charge in [-0.25, -0.2) is 9.86 Å². The highest BCUT2D eigenvalue weighted by molar-refractivity contribution is 5.88. The lowest BCUT2D eigenvalue weighted by Gasteiger charge is -2.34. The number of rotatable bonds is 1. The molecule has 0 spiro atoms. The molecule has 0 radical (unpaired) electrons. The second-order valence-corrected chi connectivity index (χ2v) is 2.86. The van der Waals surface area contributed by atoms with Crippen LogP contribution in [0.2, 0.25) is 0 Å². The van der Waals surface area contributed by atoms with Crippen LogP contribution in [0.3, 0.4) is 0 Å². The van der Waals surface area contributed by atoms with Crippen molar-refractivity contribution in [2.45, 2.75) is 24.7 Å². The lowest BCUT2D eigenvalue weighted by atomic mass is 9.99. The van der Waals surface area contributed by atoms with E-state index >= 15 is 0 Å². The number of aliphatic carboxylic acids is 1. The van der Waals surface area contributed by atoms with E-state index in [0.717, 1.165) is 0 Å². The van der Waals surface area contributed by atoms with Crippen molar-refractivity contribution in [3.8, 4) is 0 Å². The monoisotopic (exact) mass is 191 g/mol. The normalized spacial score (nSPS) is 27.5. The summed E-state index contributed by atoms with van der Waals surface area (Å²) in [4.78, 5) is 21.3. The lowest BCUT2D eigenvalue weighted by molar-refractivity contribution is -0.249. The molecule has 13 heavy (non-hydrogen) atoms. The molecule has 1 aliphatic rings. The minimum Gasteiger partial charge on any atom is -0.480 e. The molecule has 0 aromatic carbocycles. The van der Waals surface area contributed by atoms with Gasteiger partial charge in [0, 0.05) is 6.42 Å². The fraction of sp³-hybridized carbons (Fsp3) is 0.667. The summed E-state index contributed by atoms with van der Waals surface area (Å²) in [6, 6.07) is -1.40. The Balaban J connectivity index is 2.82. The number of hydroxylamine groups is 2. The summed E-state index contributed by atoms with van der Waals surface area (Å²) in [5.74, 6) is -5.45. The number of aliphatic hydroxyl groups is 2. The third-order valence-electron chi connectivity index (χ3n) is 1.90. The highest BCUT2D eigenvalue weighted by Gasteiger charge is 2.47. The number of hydrogen-bond acceptors (Lipinski definition) is 5.